The summed E-state index contributed by atoms with van der Waals surface area (Å²) in [4.78, 5) is 13.7. The minimum absolute atomic E-state index is 0.0443. The lowest BCUT2D eigenvalue weighted by Crippen LogP contribution is -2.38. The first kappa shape index (κ1) is 11.5. The van der Waals surface area contributed by atoms with E-state index in [1.165, 1.54) is 12.1 Å². The number of hydrogen-bond donors (Lipinski definition) is 1. The number of amides is 1. The van der Waals surface area contributed by atoms with Gasteiger partial charge in [-0.05, 0) is 24.6 Å². The SMILES string of the molecule is N[C@H]1CCN([C@@H]2CCOc3ccc(F)cc32)C1=O. The fraction of sp³-hybridized carbons (Fsp3) is 0.462. The van der Waals surface area contributed by atoms with Gasteiger partial charge in [-0.1, -0.05) is 0 Å². The molecular weight excluding hydrogens is 235 g/mol. The molecule has 5 heteroatoms. The van der Waals surface area contributed by atoms with E-state index in [1.807, 2.05) is 0 Å². The standard InChI is InChI=1S/C13H15FN2O2/c14-8-1-2-12-9(7-8)11(4-6-18-12)16-5-3-10(15)13(16)17/h1-2,7,10-11H,3-6,15H2/t10-,11+/m0/s1. The van der Waals surface area contributed by atoms with Crippen LogP contribution in [0.25, 0.3) is 0 Å². The van der Waals surface area contributed by atoms with Crippen molar-refractivity contribution in [3.05, 3.63) is 29.6 Å². The van der Waals surface area contributed by atoms with Crippen molar-refractivity contribution in [3.63, 3.8) is 0 Å². The van der Waals surface area contributed by atoms with Crippen molar-refractivity contribution in [1.29, 1.82) is 0 Å². The number of nitrogens with zero attached hydrogens (tertiary/aromatic N) is 1. The molecule has 0 aliphatic carbocycles. The zero-order valence-corrected chi connectivity index (χ0v) is 9.93. The van der Waals surface area contributed by atoms with Crippen molar-refractivity contribution >= 4 is 5.91 Å². The Balaban J connectivity index is 1.96. The first-order chi connectivity index (χ1) is 8.66. The van der Waals surface area contributed by atoms with E-state index in [-0.39, 0.29) is 17.8 Å². The van der Waals surface area contributed by atoms with Crippen molar-refractivity contribution in [3.8, 4) is 5.75 Å². The summed E-state index contributed by atoms with van der Waals surface area (Å²) in [5, 5.41) is 0. The largest absolute Gasteiger partial charge is 0.493 e. The van der Waals surface area contributed by atoms with E-state index in [2.05, 4.69) is 0 Å². The zero-order valence-electron chi connectivity index (χ0n) is 9.93. The third kappa shape index (κ3) is 1.75. The topological polar surface area (TPSA) is 55.6 Å². The Bertz CT molecular complexity index is 492. The van der Waals surface area contributed by atoms with Crippen LogP contribution in [0.3, 0.4) is 0 Å². The van der Waals surface area contributed by atoms with Crippen LogP contribution in [0.1, 0.15) is 24.4 Å². The molecule has 96 valence electrons. The molecule has 18 heavy (non-hydrogen) atoms. The predicted octanol–water partition coefficient (Wildman–Crippen LogP) is 1.21. The summed E-state index contributed by atoms with van der Waals surface area (Å²) in [7, 11) is 0. The first-order valence-electron chi connectivity index (χ1n) is 6.15. The molecule has 2 N–H and O–H groups in total. The number of rotatable bonds is 1. The lowest BCUT2D eigenvalue weighted by molar-refractivity contribution is -0.131. The van der Waals surface area contributed by atoms with Crippen molar-refractivity contribution in [2.24, 2.45) is 5.73 Å². The van der Waals surface area contributed by atoms with Crippen LogP contribution in [0.15, 0.2) is 18.2 Å². The summed E-state index contributed by atoms with van der Waals surface area (Å²) in [6, 6.07) is 3.93. The fourth-order valence-corrected chi connectivity index (χ4v) is 2.71. The number of ether oxygens (including phenoxy) is 1. The van der Waals surface area contributed by atoms with E-state index < -0.39 is 6.04 Å². The van der Waals surface area contributed by atoms with Gasteiger partial charge in [0.05, 0.1) is 18.7 Å². The molecule has 0 spiro atoms. The van der Waals surface area contributed by atoms with Crippen molar-refractivity contribution < 1.29 is 13.9 Å². The molecule has 0 unspecified atom stereocenters. The van der Waals surface area contributed by atoms with E-state index in [1.54, 1.807) is 11.0 Å². The number of halogens is 1. The number of hydrogen-bond acceptors (Lipinski definition) is 3. The number of carbonyl (C=O) groups is 1. The molecule has 2 aliphatic heterocycles. The van der Waals surface area contributed by atoms with Crippen LogP contribution < -0.4 is 10.5 Å². The first-order valence-corrected chi connectivity index (χ1v) is 6.15. The monoisotopic (exact) mass is 250 g/mol. The number of benzene rings is 1. The summed E-state index contributed by atoms with van der Waals surface area (Å²) in [5.74, 6) is 0.318. The highest BCUT2D eigenvalue weighted by atomic mass is 19.1. The van der Waals surface area contributed by atoms with Crippen LogP contribution in [0, 0.1) is 5.82 Å². The van der Waals surface area contributed by atoms with Crippen LogP contribution in [0.2, 0.25) is 0 Å². The maximum absolute atomic E-state index is 13.3. The summed E-state index contributed by atoms with van der Waals surface area (Å²) < 4.78 is 18.8. The molecule has 0 bridgehead atoms. The third-order valence-corrected chi connectivity index (χ3v) is 3.64. The van der Waals surface area contributed by atoms with Gasteiger partial charge in [-0.2, -0.15) is 0 Å². The number of likely N-dealkylation sites (tertiary alicyclic amines) is 1. The van der Waals surface area contributed by atoms with E-state index >= 15 is 0 Å². The van der Waals surface area contributed by atoms with E-state index in [0.29, 0.717) is 31.7 Å². The summed E-state index contributed by atoms with van der Waals surface area (Å²) in [5.41, 5.74) is 6.48. The Morgan fingerprint density at radius 3 is 2.94 bits per heavy atom. The van der Waals surface area contributed by atoms with Crippen LogP contribution in [0.4, 0.5) is 4.39 Å². The molecule has 3 rings (SSSR count). The minimum Gasteiger partial charge on any atom is -0.493 e. The Hall–Kier alpha value is -1.62. The van der Waals surface area contributed by atoms with Gasteiger partial charge in [0.2, 0.25) is 5.91 Å². The van der Waals surface area contributed by atoms with Crippen LogP contribution >= 0.6 is 0 Å². The van der Waals surface area contributed by atoms with Gasteiger partial charge in [0, 0.05) is 18.5 Å². The predicted molar refractivity (Wildman–Crippen MR) is 63.6 cm³/mol. The molecule has 2 heterocycles. The van der Waals surface area contributed by atoms with Crippen molar-refractivity contribution in [2.75, 3.05) is 13.2 Å². The molecule has 1 saturated heterocycles. The van der Waals surface area contributed by atoms with Gasteiger partial charge in [0.25, 0.3) is 0 Å². The lowest BCUT2D eigenvalue weighted by atomic mass is 9.99. The van der Waals surface area contributed by atoms with Crippen LogP contribution in [-0.4, -0.2) is 30.0 Å². The Morgan fingerprint density at radius 2 is 2.22 bits per heavy atom. The quantitative estimate of drug-likeness (QED) is 0.815. The summed E-state index contributed by atoms with van der Waals surface area (Å²) in [6.45, 7) is 1.18. The normalized spacial score (nSPS) is 27.0. The van der Waals surface area contributed by atoms with Crippen molar-refractivity contribution in [1.82, 2.24) is 4.90 Å². The highest BCUT2D eigenvalue weighted by Gasteiger charge is 2.36. The average Bonchev–Trinajstić information content (AvgIpc) is 2.69. The maximum Gasteiger partial charge on any atom is 0.240 e. The molecule has 4 nitrogen and oxygen atoms in total. The molecule has 2 aliphatic rings. The minimum atomic E-state index is -0.412. The molecule has 1 fully saturated rings. The maximum atomic E-state index is 13.3. The molecule has 0 saturated carbocycles. The van der Waals surface area contributed by atoms with E-state index in [9.17, 15) is 9.18 Å². The Kier molecular flexibility index (Phi) is 2.70. The number of nitrogens with two attached hydrogens (primary N) is 1. The molecule has 1 amide bonds. The van der Waals surface area contributed by atoms with Crippen LogP contribution in [0.5, 0.6) is 5.75 Å². The molecular formula is C13H15FN2O2. The molecule has 2 atom stereocenters. The van der Waals surface area contributed by atoms with E-state index in [0.717, 1.165) is 5.56 Å². The van der Waals surface area contributed by atoms with Gasteiger partial charge in [-0.25, -0.2) is 4.39 Å². The highest BCUT2D eigenvalue weighted by Crippen LogP contribution is 2.38. The molecule has 1 aromatic rings. The fourth-order valence-electron chi connectivity index (χ4n) is 2.71. The van der Waals surface area contributed by atoms with Gasteiger partial charge >= 0.3 is 0 Å². The van der Waals surface area contributed by atoms with Gasteiger partial charge in [-0.3, -0.25) is 4.79 Å². The molecule has 1 aromatic carbocycles. The number of fused-ring (bicyclic) bond motifs is 1. The van der Waals surface area contributed by atoms with Gasteiger partial charge in [0.15, 0.2) is 0 Å². The van der Waals surface area contributed by atoms with Crippen LogP contribution in [-0.2, 0) is 4.79 Å². The van der Waals surface area contributed by atoms with Crippen molar-refractivity contribution in [2.45, 2.75) is 24.9 Å². The van der Waals surface area contributed by atoms with Gasteiger partial charge in [-0.15, -0.1) is 0 Å². The molecule has 0 aromatic heterocycles. The second-order valence-electron chi connectivity index (χ2n) is 4.76. The molecule has 0 radical (unpaired) electrons. The smallest absolute Gasteiger partial charge is 0.240 e. The third-order valence-electron chi connectivity index (χ3n) is 3.64. The number of carbonyl (C=O) groups excluding carboxylic acids is 1. The summed E-state index contributed by atoms with van der Waals surface area (Å²) in [6.07, 6.45) is 1.36. The van der Waals surface area contributed by atoms with Gasteiger partial charge in [0.1, 0.15) is 11.6 Å². The highest BCUT2D eigenvalue weighted by molar-refractivity contribution is 5.84. The second kappa shape index (κ2) is 4.24. The lowest BCUT2D eigenvalue weighted by Gasteiger charge is -2.33. The Labute approximate surface area is 105 Å². The van der Waals surface area contributed by atoms with Gasteiger partial charge < -0.3 is 15.4 Å². The summed E-state index contributed by atoms with van der Waals surface area (Å²) >= 11 is 0. The second-order valence-corrected chi connectivity index (χ2v) is 4.76. The van der Waals surface area contributed by atoms with E-state index in [4.69, 9.17) is 10.5 Å². The average molecular weight is 250 g/mol. The Morgan fingerprint density at radius 1 is 1.39 bits per heavy atom. The zero-order chi connectivity index (χ0) is 12.7.